The van der Waals surface area contributed by atoms with Crippen molar-refractivity contribution in [2.24, 2.45) is 0 Å². The number of rotatable bonds is 6. The van der Waals surface area contributed by atoms with Crippen LogP contribution in [-0.2, 0) is 30.6 Å². The van der Waals surface area contributed by atoms with E-state index in [1.165, 1.54) is 12.1 Å². The first kappa shape index (κ1) is 20.7. The minimum atomic E-state index is -4.41. The van der Waals surface area contributed by atoms with E-state index in [9.17, 15) is 22.8 Å². The summed E-state index contributed by atoms with van der Waals surface area (Å²) in [5, 5.41) is 5.25. The zero-order chi connectivity index (χ0) is 20.9. The standard InChI is InChI=1S/C21H22F3N3O2/c22-21(23,24)18-7-2-5-16(11-18)13-26-20(29)25-12-15-4-1-6-17(10-15)14-27-9-3-8-19(27)28/h1-2,4-7,10-11H,3,8-9,12-14H2,(H2,25,26,29). The smallest absolute Gasteiger partial charge is 0.338 e. The summed E-state index contributed by atoms with van der Waals surface area (Å²) in [6.07, 6.45) is -2.94. The highest BCUT2D eigenvalue weighted by atomic mass is 19.4. The van der Waals surface area contributed by atoms with Crippen molar-refractivity contribution in [2.75, 3.05) is 6.54 Å². The monoisotopic (exact) mass is 405 g/mol. The Hall–Kier alpha value is -3.03. The number of halogens is 3. The molecule has 3 amide bonds. The van der Waals surface area contributed by atoms with Crippen molar-refractivity contribution in [1.82, 2.24) is 15.5 Å². The number of hydrogen-bond acceptors (Lipinski definition) is 2. The number of likely N-dealkylation sites (tertiary alicyclic amines) is 1. The van der Waals surface area contributed by atoms with Crippen molar-refractivity contribution in [3.63, 3.8) is 0 Å². The van der Waals surface area contributed by atoms with Gasteiger partial charge in [-0.2, -0.15) is 13.2 Å². The van der Waals surface area contributed by atoms with Gasteiger partial charge >= 0.3 is 12.2 Å². The Balaban J connectivity index is 1.48. The average Bonchev–Trinajstić information content (AvgIpc) is 3.09. The van der Waals surface area contributed by atoms with Gasteiger partial charge in [-0.25, -0.2) is 4.79 Å². The molecule has 1 heterocycles. The van der Waals surface area contributed by atoms with Crippen LogP contribution >= 0.6 is 0 Å². The van der Waals surface area contributed by atoms with E-state index in [0.29, 0.717) is 18.5 Å². The van der Waals surface area contributed by atoms with Crippen LogP contribution < -0.4 is 10.6 Å². The van der Waals surface area contributed by atoms with Crippen LogP contribution in [0.1, 0.15) is 35.1 Å². The molecule has 0 unspecified atom stereocenters. The molecule has 0 atom stereocenters. The summed E-state index contributed by atoms with van der Waals surface area (Å²) in [7, 11) is 0. The summed E-state index contributed by atoms with van der Waals surface area (Å²) in [4.78, 5) is 25.5. The molecule has 0 aromatic heterocycles. The zero-order valence-corrected chi connectivity index (χ0v) is 15.8. The molecule has 2 N–H and O–H groups in total. The lowest BCUT2D eigenvalue weighted by Gasteiger charge is -2.16. The first-order chi connectivity index (χ1) is 13.8. The van der Waals surface area contributed by atoms with Crippen LogP contribution in [-0.4, -0.2) is 23.4 Å². The van der Waals surface area contributed by atoms with Crippen molar-refractivity contribution >= 4 is 11.9 Å². The molecular formula is C21H22F3N3O2. The number of carbonyl (C=O) groups excluding carboxylic acids is 2. The maximum Gasteiger partial charge on any atom is 0.416 e. The minimum absolute atomic E-state index is 0.00708. The van der Waals surface area contributed by atoms with Crippen LogP contribution in [0, 0.1) is 0 Å². The molecule has 3 rings (SSSR count). The van der Waals surface area contributed by atoms with E-state index in [-0.39, 0.29) is 19.0 Å². The topological polar surface area (TPSA) is 61.4 Å². The number of urea groups is 1. The Bertz CT molecular complexity index is 883. The molecule has 1 aliphatic heterocycles. The Kier molecular flexibility index (Phi) is 6.41. The largest absolute Gasteiger partial charge is 0.416 e. The van der Waals surface area contributed by atoms with Gasteiger partial charge in [0.1, 0.15) is 0 Å². The molecule has 29 heavy (non-hydrogen) atoms. The SMILES string of the molecule is O=C(NCc1cccc(CN2CCCC2=O)c1)NCc1cccc(C(F)(F)F)c1. The summed E-state index contributed by atoms with van der Waals surface area (Å²) in [5.41, 5.74) is 1.49. The summed E-state index contributed by atoms with van der Waals surface area (Å²) < 4.78 is 38.2. The molecule has 5 nitrogen and oxygen atoms in total. The van der Waals surface area contributed by atoms with Crippen molar-refractivity contribution in [3.8, 4) is 0 Å². The third kappa shape index (κ3) is 5.97. The minimum Gasteiger partial charge on any atom is -0.338 e. The van der Waals surface area contributed by atoms with Crippen molar-refractivity contribution < 1.29 is 22.8 Å². The fraction of sp³-hybridized carbons (Fsp3) is 0.333. The molecule has 0 radical (unpaired) electrons. The number of nitrogens with one attached hydrogen (secondary N) is 2. The van der Waals surface area contributed by atoms with Crippen LogP contribution in [0.25, 0.3) is 0 Å². The number of amides is 3. The van der Waals surface area contributed by atoms with Gasteiger partial charge in [-0.15, -0.1) is 0 Å². The molecule has 1 fully saturated rings. The molecule has 154 valence electrons. The van der Waals surface area contributed by atoms with E-state index >= 15 is 0 Å². The number of benzene rings is 2. The van der Waals surface area contributed by atoms with Gasteiger partial charge in [0, 0.05) is 32.6 Å². The summed E-state index contributed by atoms with van der Waals surface area (Å²) >= 11 is 0. The molecule has 0 spiro atoms. The van der Waals surface area contributed by atoms with Crippen molar-refractivity contribution in [3.05, 3.63) is 70.8 Å². The number of carbonyl (C=O) groups is 2. The molecule has 0 aliphatic carbocycles. The van der Waals surface area contributed by atoms with Crippen LogP contribution in [0.3, 0.4) is 0 Å². The fourth-order valence-corrected chi connectivity index (χ4v) is 3.21. The van der Waals surface area contributed by atoms with Gasteiger partial charge in [0.25, 0.3) is 0 Å². The fourth-order valence-electron chi connectivity index (χ4n) is 3.21. The molecule has 0 saturated carbocycles. The van der Waals surface area contributed by atoms with Crippen molar-refractivity contribution in [2.45, 2.75) is 38.7 Å². The van der Waals surface area contributed by atoms with Gasteiger partial charge < -0.3 is 15.5 Å². The third-order valence-corrected chi connectivity index (χ3v) is 4.70. The lowest BCUT2D eigenvalue weighted by atomic mass is 10.1. The summed E-state index contributed by atoms with van der Waals surface area (Å²) in [6.45, 7) is 1.58. The highest BCUT2D eigenvalue weighted by Gasteiger charge is 2.30. The Labute approximate surface area is 166 Å². The molecule has 2 aromatic rings. The van der Waals surface area contributed by atoms with Crippen LogP contribution in [0.5, 0.6) is 0 Å². The van der Waals surface area contributed by atoms with Crippen molar-refractivity contribution in [1.29, 1.82) is 0 Å². The van der Waals surface area contributed by atoms with E-state index in [1.807, 2.05) is 29.2 Å². The van der Waals surface area contributed by atoms with Crippen LogP contribution in [0.4, 0.5) is 18.0 Å². The second-order valence-corrected chi connectivity index (χ2v) is 6.97. The number of hydrogen-bond donors (Lipinski definition) is 2. The van der Waals surface area contributed by atoms with E-state index in [1.54, 1.807) is 0 Å². The second-order valence-electron chi connectivity index (χ2n) is 6.97. The van der Waals surface area contributed by atoms with Crippen LogP contribution in [0.15, 0.2) is 48.5 Å². The van der Waals surface area contributed by atoms with Gasteiger partial charge in [0.15, 0.2) is 0 Å². The van der Waals surface area contributed by atoms with E-state index < -0.39 is 17.8 Å². The third-order valence-electron chi connectivity index (χ3n) is 4.70. The van der Waals surface area contributed by atoms with Gasteiger partial charge in [0.05, 0.1) is 5.56 Å². The number of alkyl halides is 3. The quantitative estimate of drug-likeness (QED) is 0.768. The highest BCUT2D eigenvalue weighted by molar-refractivity contribution is 5.78. The molecule has 1 saturated heterocycles. The average molecular weight is 405 g/mol. The Morgan fingerprint density at radius 1 is 0.966 bits per heavy atom. The van der Waals surface area contributed by atoms with E-state index in [0.717, 1.165) is 36.2 Å². The predicted molar refractivity (Wildman–Crippen MR) is 102 cm³/mol. The molecule has 8 heteroatoms. The Morgan fingerprint density at radius 3 is 2.21 bits per heavy atom. The number of nitrogens with zero attached hydrogens (tertiary/aromatic N) is 1. The first-order valence-corrected chi connectivity index (χ1v) is 9.35. The van der Waals surface area contributed by atoms with Gasteiger partial charge in [0.2, 0.25) is 5.91 Å². The summed E-state index contributed by atoms with van der Waals surface area (Å²) in [6, 6.07) is 12.0. The molecular weight excluding hydrogens is 383 g/mol. The molecule has 1 aliphatic rings. The normalized spacial score (nSPS) is 14.2. The van der Waals surface area contributed by atoms with Gasteiger partial charge in [-0.05, 0) is 35.2 Å². The lowest BCUT2D eigenvalue weighted by molar-refractivity contribution is -0.137. The maximum absolute atomic E-state index is 12.7. The molecule has 2 aromatic carbocycles. The Morgan fingerprint density at radius 2 is 1.59 bits per heavy atom. The highest BCUT2D eigenvalue weighted by Crippen LogP contribution is 2.29. The second kappa shape index (κ2) is 8.98. The van der Waals surface area contributed by atoms with E-state index in [4.69, 9.17) is 0 Å². The maximum atomic E-state index is 12.7. The zero-order valence-electron chi connectivity index (χ0n) is 15.8. The predicted octanol–water partition coefficient (Wildman–Crippen LogP) is 3.83. The summed E-state index contributed by atoms with van der Waals surface area (Å²) in [5.74, 6) is 0.155. The first-order valence-electron chi connectivity index (χ1n) is 9.35. The van der Waals surface area contributed by atoms with Gasteiger partial charge in [-0.1, -0.05) is 36.4 Å². The van der Waals surface area contributed by atoms with E-state index in [2.05, 4.69) is 10.6 Å². The van der Waals surface area contributed by atoms with Gasteiger partial charge in [-0.3, -0.25) is 4.79 Å². The lowest BCUT2D eigenvalue weighted by Crippen LogP contribution is -2.34. The van der Waals surface area contributed by atoms with Crippen LogP contribution in [0.2, 0.25) is 0 Å². The molecule has 0 bridgehead atoms.